The summed E-state index contributed by atoms with van der Waals surface area (Å²) in [6, 6.07) is 0. The van der Waals surface area contributed by atoms with E-state index < -0.39 is 12.2 Å². The van der Waals surface area contributed by atoms with Crippen LogP contribution in [0.3, 0.4) is 0 Å². The summed E-state index contributed by atoms with van der Waals surface area (Å²) in [5.74, 6) is -0.152. The summed E-state index contributed by atoms with van der Waals surface area (Å²) in [5.41, 5.74) is 0.871. The quantitative estimate of drug-likeness (QED) is 0.546. The second kappa shape index (κ2) is 7.01. The van der Waals surface area contributed by atoms with Crippen molar-refractivity contribution in [2.45, 2.75) is 52.2 Å². The minimum atomic E-state index is -0.638. The van der Waals surface area contributed by atoms with Crippen LogP contribution in [0.25, 0.3) is 0 Å². The van der Waals surface area contributed by atoms with Gasteiger partial charge >= 0.3 is 0 Å². The van der Waals surface area contributed by atoms with Crippen LogP contribution >= 0.6 is 0 Å². The fourth-order valence-corrected chi connectivity index (χ4v) is 2.56. The van der Waals surface area contributed by atoms with Gasteiger partial charge in [0.25, 0.3) is 0 Å². The van der Waals surface area contributed by atoms with E-state index in [0.29, 0.717) is 11.5 Å². The van der Waals surface area contributed by atoms with E-state index in [4.69, 9.17) is 4.74 Å². The Bertz CT molecular complexity index is 547. The van der Waals surface area contributed by atoms with E-state index >= 15 is 0 Å². The van der Waals surface area contributed by atoms with Crippen LogP contribution in [-0.4, -0.2) is 36.1 Å². The van der Waals surface area contributed by atoms with Crippen molar-refractivity contribution < 1.29 is 19.1 Å². The van der Waals surface area contributed by atoms with E-state index in [-0.39, 0.29) is 29.6 Å². The molecule has 0 aromatic rings. The van der Waals surface area contributed by atoms with Crippen LogP contribution in [0, 0.1) is 5.92 Å². The number of unbranched alkanes of at least 4 members (excludes halogenated alkanes) is 1. The van der Waals surface area contributed by atoms with Gasteiger partial charge in [-0.15, -0.1) is 0 Å². The first kappa shape index (κ1) is 16.6. The number of Topliss-reactive ketones (excluding diaryl/α,β-unsaturated/α-hetero) is 2. The molecule has 0 amide bonds. The van der Waals surface area contributed by atoms with E-state index in [1.165, 1.54) is 6.08 Å². The standard InChI is InChI=1S/C17H23NO4/c1-4-5-6-10(2)7-11(3)14(20)9-18-12-8-13(19)16-17(22-16)15(12)21/h7-8,10,16-18H,4-6,9H2,1-3H3/b11-7+. The number of allylic oxidation sites excluding steroid dienone is 1. The van der Waals surface area contributed by atoms with Gasteiger partial charge in [0.15, 0.2) is 23.8 Å². The predicted molar refractivity (Wildman–Crippen MR) is 82.2 cm³/mol. The van der Waals surface area contributed by atoms with Gasteiger partial charge < -0.3 is 10.1 Å². The van der Waals surface area contributed by atoms with Crippen LogP contribution in [0.5, 0.6) is 0 Å². The Balaban J connectivity index is 1.86. The second-order valence-electron chi connectivity index (χ2n) is 6.05. The molecular formula is C17H23NO4. The second-order valence-corrected chi connectivity index (χ2v) is 6.05. The van der Waals surface area contributed by atoms with Crippen molar-refractivity contribution >= 4 is 17.3 Å². The molecule has 1 heterocycles. The largest absolute Gasteiger partial charge is 0.375 e. The lowest BCUT2D eigenvalue weighted by molar-refractivity contribution is -0.120. The first-order chi connectivity index (χ1) is 10.4. The molecule has 2 rings (SSSR count). The Hall–Kier alpha value is -1.75. The molecule has 120 valence electrons. The molecule has 5 nitrogen and oxygen atoms in total. The summed E-state index contributed by atoms with van der Waals surface area (Å²) in [4.78, 5) is 35.5. The molecular weight excluding hydrogens is 282 g/mol. The highest BCUT2D eigenvalue weighted by atomic mass is 16.6. The SMILES string of the molecule is CCCCC(C)/C=C(\C)C(=O)CNC1=CC(=O)C2OC2C1=O. The van der Waals surface area contributed by atoms with Gasteiger partial charge in [0.1, 0.15) is 0 Å². The number of carbonyl (C=O) groups excluding carboxylic acids is 3. The third-order valence-electron chi connectivity index (χ3n) is 4.01. The Morgan fingerprint density at radius 2 is 2.14 bits per heavy atom. The number of nitrogens with one attached hydrogen (secondary N) is 1. The number of ketones is 3. The fourth-order valence-electron chi connectivity index (χ4n) is 2.56. The maximum Gasteiger partial charge on any atom is 0.210 e. The lowest BCUT2D eigenvalue weighted by Gasteiger charge is -2.11. The highest BCUT2D eigenvalue weighted by Gasteiger charge is 2.53. The predicted octanol–water partition coefficient (Wildman–Crippen LogP) is 1.72. The number of epoxide rings is 1. The molecule has 2 aliphatic rings. The molecule has 3 atom stereocenters. The summed E-state index contributed by atoms with van der Waals surface area (Å²) < 4.78 is 4.99. The van der Waals surface area contributed by atoms with Gasteiger partial charge in [-0.1, -0.05) is 32.8 Å². The number of ether oxygens (including phenoxy) is 1. The van der Waals surface area contributed by atoms with E-state index in [1.807, 2.05) is 6.08 Å². The van der Waals surface area contributed by atoms with Gasteiger partial charge in [-0.2, -0.15) is 0 Å². The topological polar surface area (TPSA) is 75.8 Å². The van der Waals surface area contributed by atoms with Gasteiger partial charge in [-0.25, -0.2) is 0 Å². The highest BCUT2D eigenvalue weighted by molar-refractivity contribution is 6.15. The molecule has 1 aliphatic heterocycles. The molecule has 0 radical (unpaired) electrons. The molecule has 3 unspecified atom stereocenters. The summed E-state index contributed by atoms with van der Waals surface area (Å²) in [6.45, 7) is 6.04. The van der Waals surface area contributed by atoms with Gasteiger partial charge in [0.2, 0.25) is 5.78 Å². The normalized spacial score (nSPS) is 25.4. The first-order valence-electron chi connectivity index (χ1n) is 7.84. The average Bonchev–Trinajstić information content (AvgIpc) is 3.28. The van der Waals surface area contributed by atoms with E-state index in [2.05, 4.69) is 19.2 Å². The Kier molecular flexibility index (Phi) is 5.29. The van der Waals surface area contributed by atoms with Crippen LogP contribution in [0.1, 0.15) is 40.0 Å². The van der Waals surface area contributed by atoms with Crippen molar-refractivity contribution in [1.29, 1.82) is 0 Å². The third-order valence-corrected chi connectivity index (χ3v) is 4.01. The zero-order valence-corrected chi connectivity index (χ0v) is 13.3. The van der Waals surface area contributed by atoms with Crippen molar-refractivity contribution in [2.75, 3.05) is 6.54 Å². The molecule has 0 aromatic carbocycles. The monoisotopic (exact) mass is 305 g/mol. The van der Waals surface area contributed by atoms with Crippen LogP contribution in [0.2, 0.25) is 0 Å². The Labute approximate surface area is 130 Å². The van der Waals surface area contributed by atoms with Crippen molar-refractivity contribution in [2.24, 2.45) is 5.92 Å². The fraction of sp³-hybridized carbons (Fsp3) is 0.588. The smallest absolute Gasteiger partial charge is 0.210 e. The van der Waals surface area contributed by atoms with Crippen molar-refractivity contribution in [3.8, 4) is 0 Å². The van der Waals surface area contributed by atoms with Crippen LogP contribution in [0.15, 0.2) is 23.4 Å². The Morgan fingerprint density at radius 1 is 1.41 bits per heavy atom. The summed E-state index contributed by atoms with van der Waals surface area (Å²) in [7, 11) is 0. The molecule has 1 saturated heterocycles. The van der Waals surface area contributed by atoms with E-state index in [9.17, 15) is 14.4 Å². The maximum absolute atomic E-state index is 12.1. The molecule has 1 fully saturated rings. The molecule has 0 saturated carbocycles. The number of hydrogen-bond donors (Lipinski definition) is 1. The van der Waals surface area contributed by atoms with E-state index in [1.54, 1.807) is 6.92 Å². The van der Waals surface area contributed by atoms with Crippen LogP contribution < -0.4 is 5.32 Å². The first-order valence-corrected chi connectivity index (χ1v) is 7.84. The number of carbonyl (C=O) groups is 3. The minimum absolute atomic E-state index is 0.0189. The van der Waals surface area contributed by atoms with Crippen LogP contribution in [0.4, 0.5) is 0 Å². The van der Waals surface area contributed by atoms with Gasteiger partial charge in [-0.3, -0.25) is 14.4 Å². The molecule has 0 bridgehead atoms. The highest BCUT2D eigenvalue weighted by Crippen LogP contribution is 2.30. The zero-order valence-electron chi connectivity index (χ0n) is 13.3. The van der Waals surface area contributed by atoms with Gasteiger partial charge in [0, 0.05) is 6.08 Å². The minimum Gasteiger partial charge on any atom is -0.375 e. The molecule has 0 aromatic heterocycles. The summed E-state index contributed by atoms with van der Waals surface area (Å²) in [6.07, 6.45) is 5.34. The van der Waals surface area contributed by atoms with Crippen molar-refractivity contribution in [1.82, 2.24) is 5.32 Å². The molecule has 0 spiro atoms. The maximum atomic E-state index is 12.1. The van der Waals surface area contributed by atoms with E-state index in [0.717, 1.165) is 19.3 Å². The van der Waals surface area contributed by atoms with Crippen molar-refractivity contribution in [3.63, 3.8) is 0 Å². The number of rotatable bonds is 8. The third kappa shape index (κ3) is 3.91. The zero-order chi connectivity index (χ0) is 16.3. The number of fused-ring (bicyclic) bond motifs is 1. The molecule has 1 N–H and O–H groups in total. The Morgan fingerprint density at radius 3 is 2.82 bits per heavy atom. The molecule has 22 heavy (non-hydrogen) atoms. The summed E-state index contributed by atoms with van der Waals surface area (Å²) >= 11 is 0. The number of hydrogen-bond acceptors (Lipinski definition) is 5. The van der Waals surface area contributed by atoms with Crippen molar-refractivity contribution in [3.05, 3.63) is 23.4 Å². The lowest BCUT2D eigenvalue weighted by atomic mass is 9.99. The summed E-state index contributed by atoms with van der Waals surface area (Å²) in [5, 5.41) is 2.78. The lowest BCUT2D eigenvalue weighted by Crippen LogP contribution is -2.34. The average molecular weight is 305 g/mol. The molecule has 5 heteroatoms. The van der Waals surface area contributed by atoms with Gasteiger partial charge in [-0.05, 0) is 24.8 Å². The molecule has 1 aliphatic carbocycles. The van der Waals surface area contributed by atoms with Crippen LogP contribution in [-0.2, 0) is 19.1 Å². The van der Waals surface area contributed by atoms with Gasteiger partial charge in [0.05, 0.1) is 12.2 Å².